The van der Waals surface area contributed by atoms with Crippen molar-refractivity contribution in [3.63, 3.8) is 0 Å². The number of hydrogen-bond acceptors (Lipinski definition) is 4. The largest absolute Gasteiger partial charge is 0.312 e. The molecule has 112 valence electrons. The van der Waals surface area contributed by atoms with Gasteiger partial charge in [-0.15, -0.1) is 0 Å². The standard InChI is InChI=1S/C16H21FN4/c1-18-15(16-4-3-14(17)11-20-16)7-10-21(2)12-13-5-8-19-9-6-13/h3-6,8-9,11,15,18H,7,10,12H2,1-2H3. The van der Waals surface area contributed by atoms with Gasteiger partial charge in [-0.1, -0.05) is 0 Å². The summed E-state index contributed by atoms with van der Waals surface area (Å²) < 4.78 is 12.9. The van der Waals surface area contributed by atoms with E-state index in [1.807, 2.05) is 31.6 Å². The first-order chi connectivity index (χ1) is 10.2. The van der Waals surface area contributed by atoms with E-state index >= 15 is 0 Å². The third kappa shape index (κ3) is 4.88. The van der Waals surface area contributed by atoms with Crippen molar-refractivity contribution >= 4 is 0 Å². The molecule has 0 saturated carbocycles. The molecule has 1 N–H and O–H groups in total. The molecule has 4 nitrogen and oxygen atoms in total. The van der Waals surface area contributed by atoms with Gasteiger partial charge in [-0.05, 0) is 50.3 Å². The van der Waals surface area contributed by atoms with E-state index in [1.165, 1.54) is 17.8 Å². The molecular weight excluding hydrogens is 267 g/mol. The monoisotopic (exact) mass is 288 g/mol. The summed E-state index contributed by atoms with van der Waals surface area (Å²) in [6, 6.07) is 7.36. The molecule has 2 heterocycles. The first-order valence-electron chi connectivity index (χ1n) is 7.05. The van der Waals surface area contributed by atoms with Gasteiger partial charge in [0.15, 0.2) is 0 Å². The Hall–Kier alpha value is -1.85. The number of halogens is 1. The normalized spacial score (nSPS) is 12.6. The van der Waals surface area contributed by atoms with Crippen LogP contribution in [0.3, 0.4) is 0 Å². The van der Waals surface area contributed by atoms with E-state index in [0.717, 1.165) is 25.2 Å². The lowest BCUT2D eigenvalue weighted by Gasteiger charge is -2.21. The van der Waals surface area contributed by atoms with E-state index in [0.29, 0.717) is 0 Å². The van der Waals surface area contributed by atoms with Gasteiger partial charge in [0.1, 0.15) is 5.82 Å². The van der Waals surface area contributed by atoms with Gasteiger partial charge >= 0.3 is 0 Å². The fourth-order valence-corrected chi connectivity index (χ4v) is 2.26. The molecule has 1 atom stereocenters. The summed E-state index contributed by atoms with van der Waals surface area (Å²) in [6.07, 6.45) is 5.79. The first-order valence-corrected chi connectivity index (χ1v) is 7.05. The topological polar surface area (TPSA) is 41.0 Å². The van der Waals surface area contributed by atoms with Crippen LogP contribution in [0.25, 0.3) is 0 Å². The van der Waals surface area contributed by atoms with Crippen LogP contribution in [0.15, 0.2) is 42.9 Å². The molecule has 0 radical (unpaired) electrons. The Kier molecular flexibility index (Phi) is 5.78. The van der Waals surface area contributed by atoms with Gasteiger partial charge < -0.3 is 10.2 Å². The van der Waals surface area contributed by atoms with Gasteiger partial charge in [0, 0.05) is 25.5 Å². The van der Waals surface area contributed by atoms with Gasteiger partial charge in [-0.3, -0.25) is 9.97 Å². The van der Waals surface area contributed by atoms with Crippen LogP contribution in [-0.2, 0) is 6.54 Å². The molecule has 2 aromatic heterocycles. The molecule has 0 aromatic carbocycles. The Balaban J connectivity index is 1.86. The van der Waals surface area contributed by atoms with Crippen molar-refractivity contribution < 1.29 is 4.39 Å². The van der Waals surface area contributed by atoms with Crippen LogP contribution in [0.4, 0.5) is 4.39 Å². The summed E-state index contributed by atoms with van der Waals surface area (Å²) in [5.41, 5.74) is 2.12. The predicted molar refractivity (Wildman–Crippen MR) is 81.2 cm³/mol. The fourth-order valence-electron chi connectivity index (χ4n) is 2.26. The van der Waals surface area contributed by atoms with Crippen molar-refractivity contribution in [2.45, 2.75) is 19.0 Å². The molecule has 0 amide bonds. The molecule has 2 aromatic rings. The maximum absolute atomic E-state index is 12.9. The van der Waals surface area contributed by atoms with Crippen LogP contribution in [0.2, 0.25) is 0 Å². The molecule has 0 aliphatic rings. The zero-order chi connectivity index (χ0) is 15.1. The van der Waals surface area contributed by atoms with Gasteiger partial charge in [0.25, 0.3) is 0 Å². The highest BCUT2D eigenvalue weighted by Crippen LogP contribution is 2.15. The summed E-state index contributed by atoms with van der Waals surface area (Å²) in [6.45, 7) is 1.81. The Morgan fingerprint density at radius 3 is 2.62 bits per heavy atom. The zero-order valence-corrected chi connectivity index (χ0v) is 12.5. The van der Waals surface area contributed by atoms with Gasteiger partial charge in [0.05, 0.1) is 17.9 Å². The third-order valence-corrected chi connectivity index (χ3v) is 3.46. The number of nitrogens with one attached hydrogen (secondary N) is 1. The number of aromatic nitrogens is 2. The highest BCUT2D eigenvalue weighted by Gasteiger charge is 2.12. The van der Waals surface area contributed by atoms with E-state index < -0.39 is 0 Å². The van der Waals surface area contributed by atoms with Gasteiger partial charge in [-0.25, -0.2) is 4.39 Å². The molecule has 0 aliphatic heterocycles. The lowest BCUT2D eigenvalue weighted by molar-refractivity contribution is 0.302. The van der Waals surface area contributed by atoms with Crippen molar-refractivity contribution in [1.82, 2.24) is 20.2 Å². The molecule has 0 saturated heterocycles. The maximum Gasteiger partial charge on any atom is 0.141 e. The smallest absolute Gasteiger partial charge is 0.141 e. The molecule has 1 unspecified atom stereocenters. The number of pyridine rings is 2. The Morgan fingerprint density at radius 1 is 1.24 bits per heavy atom. The average Bonchev–Trinajstić information content (AvgIpc) is 2.50. The zero-order valence-electron chi connectivity index (χ0n) is 12.5. The van der Waals surface area contributed by atoms with Crippen LogP contribution >= 0.6 is 0 Å². The minimum absolute atomic E-state index is 0.130. The lowest BCUT2D eigenvalue weighted by Crippen LogP contribution is -2.25. The third-order valence-electron chi connectivity index (χ3n) is 3.46. The molecular formula is C16H21FN4. The predicted octanol–water partition coefficient (Wildman–Crippen LogP) is 2.40. The Labute approximate surface area is 125 Å². The molecule has 2 rings (SSSR count). The second kappa shape index (κ2) is 7.81. The molecule has 0 spiro atoms. The Morgan fingerprint density at radius 2 is 2.00 bits per heavy atom. The SMILES string of the molecule is CNC(CCN(C)Cc1ccncc1)c1ccc(F)cn1. The molecule has 0 aliphatic carbocycles. The summed E-state index contributed by atoms with van der Waals surface area (Å²) in [5.74, 6) is -0.302. The van der Waals surface area contributed by atoms with Crippen LogP contribution < -0.4 is 5.32 Å². The van der Waals surface area contributed by atoms with Crippen molar-refractivity contribution in [3.05, 3.63) is 59.9 Å². The van der Waals surface area contributed by atoms with E-state index in [1.54, 1.807) is 6.07 Å². The van der Waals surface area contributed by atoms with Crippen molar-refractivity contribution in [3.8, 4) is 0 Å². The summed E-state index contributed by atoms with van der Waals surface area (Å²) in [5, 5.41) is 3.24. The van der Waals surface area contributed by atoms with Crippen LogP contribution in [-0.4, -0.2) is 35.5 Å². The summed E-state index contributed by atoms with van der Waals surface area (Å²) in [4.78, 5) is 10.4. The van der Waals surface area contributed by atoms with Crippen molar-refractivity contribution in [1.29, 1.82) is 0 Å². The van der Waals surface area contributed by atoms with Crippen molar-refractivity contribution in [2.75, 3.05) is 20.6 Å². The van der Waals surface area contributed by atoms with E-state index in [9.17, 15) is 4.39 Å². The van der Waals surface area contributed by atoms with E-state index in [-0.39, 0.29) is 11.9 Å². The fraction of sp³-hybridized carbons (Fsp3) is 0.375. The maximum atomic E-state index is 12.9. The van der Waals surface area contributed by atoms with E-state index in [2.05, 4.69) is 27.2 Å². The first kappa shape index (κ1) is 15.5. The van der Waals surface area contributed by atoms with Gasteiger partial charge in [0.2, 0.25) is 0 Å². The van der Waals surface area contributed by atoms with Gasteiger partial charge in [-0.2, -0.15) is 0 Å². The highest BCUT2D eigenvalue weighted by molar-refractivity contribution is 5.11. The van der Waals surface area contributed by atoms with Crippen LogP contribution in [0.1, 0.15) is 23.7 Å². The molecule has 5 heteroatoms. The quantitative estimate of drug-likeness (QED) is 0.849. The Bertz CT molecular complexity index is 530. The summed E-state index contributed by atoms with van der Waals surface area (Å²) in [7, 11) is 3.99. The minimum atomic E-state index is -0.302. The van der Waals surface area contributed by atoms with E-state index in [4.69, 9.17) is 0 Å². The molecule has 0 bridgehead atoms. The number of hydrogen-bond donors (Lipinski definition) is 1. The second-order valence-electron chi connectivity index (χ2n) is 5.12. The number of nitrogens with zero attached hydrogens (tertiary/aromatic N) is 3. The molecule has 21 heavy (non-hydrogen) atoms. The average molecular weight is 288 g/mol. The van der Waals surface area contributed by atoms with Crippen LogP contribution in [0, 0.1) is 5.82 Å². The minimum Gasteiger partial charge on any atom is -0.312 e. The van der Waals surface area contributed by atoms with Crippen LogP contribution in [0.5, 0.6) is 0 Å². The summed E-state index contributed by atoms with van der Waals surface area (Å²) >= 11 is 0. The molecule has 0 fully saturated rings. The second-order valence-corrected chi connectivity index (χ2v) is 5.12. The lowest BCUT2D eigenvalue weighted by atomic mass is 10.1. The van der Waals surface area contributed by atoms with Crippen molar-refractivity contribution in [2.24, 2.45) is 0 Å². The number of rotatable bonds is 7. The highest BCUT2D eigenvalue weighted by atomic mass is 19.1.